The number of carboxylic acid groups (broad SMARTS) is 1. The Hall–Kier alpha value is -1.55. The molecule has 1 rings (SSSR count). The standard InChI is InChI=1S/C9H11NO3.C5H12/c10-8(9(12)13)5-6-1-3-7(11)4-2-6;1-5(2,3)4/h1-4,8,11H,5,10H2,(H,12,13);1-4H3. The Bertz CT molecular complexity index is 360. The Labute approximate surface area is 108 Å². The molecule has 0 radical (unpaired) electrons. The Morgan fingerprint density at radius 2 is 1.61 bits per heavy atom. The topological polar surface area (TPSA) is 83.5 Å². The molecule has 0 bridgehead atoms. The molecule has 18 heavy (non-hydrogen) atoms. The quantitative estimate of drug-likeness (QED) is 0.772. The van der Waals surface area contributed by atoms with E-state index in [-0.39, 0.29) is 12.2 Å². The summed E-state index contributed by atoms with van der Waals surface area (Å²) in [5.74, 6) is -0.860. The highest BCUT2D eigenvalue weighted by molar-refractivity contribution is 5.73. The first-order chi connectivity index (χ1) is 8.09. The van der Waals surface area contributed by atoms with Crippen molar-refractivity contribution in [2.24, 2.45) is 11.1 Å². The fourth-order valence-corrected chi connectivity index (χ4v) is 0.973. The third-order valence-corrected chi connectivity index (χ3v) is 1.71. The highest BCUT2D eigenvalue weighted by atomic mass is 16.4. The third-order valence-electron chi connectivity index (χ3n) is 1.71. The smallest absolute Gasteiger partial charge is 0.320 e. The number of phenolic OH excluding ortho intramolecular Hbond substituents is 1. The summed E-state index contributed by atoms with van der Waals surface area (Å²) >= 11 is 0. The van der Waals surface area contributed by atoms with Gasteiger partial charge in [-0.15, -0.1) is 0 Å². The van der Waals surface area contributed by atoms with Crippen LogP contribution in [0.3, 0.4) is 0 Å². The first-order valence-corrected chi connectivity index (χ1v) is 5.86. The number of rotatable bonds is 3. The van der Waals surface area contributed by atoms with E-state index < -0.39 is 12.0 Å². The molecule has 1 unspecified atom stereocenters. The molecule has 0 aliphatic heterocycles. The Balaban J connectivity index is 0.000000494. The number of carboxylic acids is 1. The van der Waals surface area contributed by atoms with E-state index in [0.717, 1.165) is 5.56 Å². The van der Waals surface area contributed by atoms with Crippen LogP contribution in [0, 0.1) is 5.41 Å². The minimum absolute atomic E-state index is 0.160. The lowest BCUT2D eigenvalue weighted by Gasteiger charge is -2.05. The number of nitrogens with two attached hydrogens (primary N) is 1. The zero-order valence-electron chi connectivity index (χ0n) is 11.5. The van der Waals surface area contributed by atoms with Crippen LogP contribution in [0.4, 0.5) is 0 Å². The molecule has 1 aromatic rings. The van der Waals surface area contributed by atoms with E-state index in [1.54, 1.807) is 12.1 Å². The predicted molar refractivity (Wildman–Crippen MR) is 72.6 cm³/mol. The van der Waals surface area contributed by atoms with E-state index >= 15 is 0 Å². The maximum atomic E-state index is 10.4. The molecule has 0 amide bonds. The summed E-state index contributed by atoms with van der Waals surface area (Å²) in [5.41, 5.74) is 6.62. The average molecular weight is 253 g/mol. The molecule has 4 N–H and O–H groups in total. The lowest BCUT2D eigenvalue weighted by molar-refractivity contribution is -0.138. The van der Waals surface area contributed by atoms with E-state index in [9.17, 15) is 4.79 Å². The van der Waals surface area contributed by atoms with Crippen molar-refractivity contribution in [2.75, 3.05) is 0 Å². The second kappa shape index (κ2) is 7.01. The molecule has 0 heterocycles. The first kappa shape index (κ1) is 16.4. The Morgan fingerprint density at radius 1 is 1.22 bits per heavy atom. The SMILES string of the molecule is CC(C)(C)C.NC(Cc1ccc(O)cc1)C(=O)O. The summed E-state index contributed by atoms with van der Waals surface area (Å²) in [7, 11) is 0. The van der Waals surface area contributed by atoms with Gasteiger partial charge in [0.2, 0.25) is 0 Å². The maximum absolute atomic E-state index is 10.4. The minimum Gasteiger partial charge on any atom is -0.508 e. The van der Waals surface area contributed by atoms with Gasteiger partial charge in [-0.05, 0) is 29.5 Å². The second-order valence-electron chi connectivity index (χ2n) is 5.82. The monoisotopic (exact) mass is 253 g/mol. The molecule has 1 atom stereocenters. The molecule has 0 aliphatic carbocycles. The molecule has 0 aromatic heterocycles. The highest BCUT2D eigenvalue weighted by Gasteiger charge is 2.11. The van der Waals surface area contributed by atoms with Gasteiger partial charge in [0.05, 0.1) is 0 Å². The van der Waals surface area contributed by atoms with Crippen LogP contribution in [0.25, 0.3) is 0 Å². The van der Waals surface area contributed by atoms with Gasteiger partial charge in [-0.1, -0.05) is 39.8 Å². The molecule has 0 saturated heterocycles. The number of benzene rings is 1. The van der Waals surface area contributed by atoms with Gasteiger partial charge in [0.25, 0.3) is 0 Å². The van der Waals surface area contributed by atoms with E-state index in [2.05, 4.69) is 27.7 Å². The molecule has 0 spiro atoms. The second-order valence-corrected chi connectivity index (χ2v) is 5.82. The maximum Gasteiger partial charge on any atom is 0.320 e. The molecule has 0 aliphatic rings. The van der Waals surface area contributed by atoms with Crippen molar-refractivity contribution in [3.63, 3.8) is 0 Å². The van der Waals surface area contributed by atoms with Gasteiger partial charge < -0.3 is 15.9 Å². The summed E-state index contributed by atoms with van der Waals surface area (Å²) < 4.78 is 0. The lowest BCUT2D eigenvalue weighted by Crippen LogP contribution is -2.32. The summed E-state index contributed by atoms with van der Waals surface area (Å²) in [6, 6.07) is 5.42. The lowest BCUT2D eigenvalue weighted by atomic mass is 10.0. The van der Waals surface area contributed by atoms with Gasteiger partial charge in [0, 0.05) is 0 Å². The van der Waals surface area contributed by atoms with Crippen molar-refractivity contribution in [3.8, 4) is 5.75 Å². The zero-order valence-corrected chi connectivity index (χ0v) is 11.5. The summed E-state index contributed by atoms with van der Waals surface area (Å²) in [6.07, 6.45) is 0.273. The predicted octanol–water partition coefficient (Wildman–Crippen LogP) is 2.40. The zero-order chi connectivity index (χ0) is 14.3. The van der Waals surface area contributed by atoms with Crippen LogP contribution < -0.4 is 5.73 Å². The number of aliphatic carboxylic acids is 1. The molecule has 0 fully saturated rings. The van der Waals surface area contributed by atoms with Crippen LogP contribution in [0.15, 0.2) is 24.3 Å². The number of aromatic hydroxyl groups is 1. The van der Waals surface area contributed by atoms with Crippen molar-refractivity contribution in [3.05, 3.63) is 29.8 Å². The van der Waals surface area contributed by atoms with E-state index in [0.29, 0.717) is 5.41 Å². The molecule has 4 nitrogen and oxygen atoms in total. The largest absolute Gasteiger partial charge is 0.508 e. The normalized spacial score (nSPS) is 12.3. The van der Waals surface area contributed by atoms with E-state index in [4.69, 9.17) is 15.9 Å². The Morgan fingerprint density at radius 3 is 1.94 bits per heavy atom. The molecule has 0 saturated carbocycles. The fraction of sp³-hybridized carbons (Fsp3) is 0.500. The summed E-state index contributed by atoms with van der Waals surface area (Å²) in [5, 5.41) is 17.5. The van der Waals surface area contributed by atoms with E-state index in [1.165, 1.54) is 12.1 Å². The first-order valence-electron chi connectivity index (χ1n) is 5.86. The van der Waals surface area contributed by atoms with Crippen LogP contribution in [-0.4, -0.2) is 22.2 Å². The van der Waals surface area contributed by atoms with Crippen molar-refractivity contribution in [1.82, 2.24) is 0 Å². The van der Waals surface area contributed by atoms with Crippen molar-refractivity contribution in [1.29, 1.82) is 0 Å². The molecule has 1 aromatic carbocycles. The van der Waals surface area contributed by atoms with Gasteiger partial charge in [-0.3, -0.25) is 4.79 Å². The van der Waals surface area contributed by atoms with Crippen LogP contribution in [0.5, 0.6) is 5.75 Å². The number of hydrogen-bond donors (Lipinski definition) is 3. The Kier molecular flexibility index (Phi) is 6.41. The number of phenols is 1. The molecular weight excluding hydrogens is 230 g/mol. The van der Waals surface area contributed by atoms with E-state index in [1.807, 2.05) is 0 Å². The van der Waals surface area contributed by atoms with Gasteiger partial charge >= 0.3 is 5.97 Å². The van der Waals surface area contributed by atoms with Gasteiger partial charge in [0.1, 0.15) is 11.8 Å². The van der Waals surface area contributed by atoms with Crippen molar-refractivity contribution in [2.45, 2.75) is 40.2 Å². The van der Waals surface area contributed by atoms with Crippen molar-refractivity contribution >= 4 is 5.97 Å². The third kappa shape index (κ3) is 9.66. The minimum atomic E-state index is -1.02. The van der Waals surface area contributed by atoms with Gasteiger partial charge in [0.15, 0.2) is 0 Å². The fourth-order valence-electron chi connectivity index (χ4n) is 0.973. The van der Waals surface area contributed by atoms with Gasteiger partial charge in [-0.25, -0.2) is 0 Å². The van der Waals surface area contributed by atoms with Crippen LogP contribution in [0.1, 0.15) is 33.3 Å². The van der Waals surface area contributed by atoms with Crippen LogP contribution in [0.2, 0.25) is 0 Å². The summed E-state index contributed by atoms with van der Waals surface area (Å²) in [4.78, 5) is 10.4. The van der Waals surface area contributed by atoms with Gasteiger partial charge in [-0.2, -0.15) is 0 Å². The molecule has 4 heteroatoms. The number of hydrogen-bond acceptors (Lipinski definition) is 3. The summed E-state index contributed by atoms with van der Waals surface area (Å²) in [6.45, 7) is 8.75. The van der Waals surface area contributed by atoms with Crippen LogP contribution >= 0.6 is 0 Å². The average Bonchev–Trinajstić information content (AvgIpc) is 2.18. The number of carbonyl (C=O) groups is 1. The highest BCUT2D eigenvalue weighted by Crippen LogP contribution is 2.10. The van der Waals surface area contributed by atoms with Crippen molar-refractivity contribution < 1.29 is 15.0 Å². The molecule has 102 valence electrons. The molecular formula is C14H23NO3. The van der Waals surface area contributed by atoms with Crippen LogP contribution in [-0.2, 0) is 11.2 Å².